The maximum atomic E-state index is 8.75. The predicted molar refractivity (Wildman–Crippen MR) is 78.0 cm³/mol. The molecule has 2 nitrogen and oxygen atoms in total. The van der Waals surface area contributed by atoms with Crippen molar-refractivity contribution in [3.63, 3.8) is 0 Å². The first-order chi connectivity index (χ1) is 8.46. The molecule has 0 fully saturated rings. The van der Waals surface area contributed by atoms with Gasteiger partial charge in [-0.25, -0.2) is 0 Å². The molecule has 0 unspecified atom stereocenters. The molecule has 1 rings (SSSR count). The van der Waals surface area contributed by atoms with Gasteiger partial charge in [0.2, 0.25) is 0 Å². The van der Waals surface area contributed by atoms with Gasteiger partial charge in [0.1, 0.15) is 12.4 Å². The van der Waals surface area contributed by atoms with Crippen LogP contribution in [0.1, 0.15) is 31.9 Å². The van der Waals surface area contributed by atoms with E-state index < -0.39 is 0 Å². The minimum atomic E-state index is -0.135. The average molecular weight is 264 g/mol. The van der Waals surface area contributed by atoms with Crippen LogP contribution >= 0.6 is 11.8 Å². The van der Waals surface area contributed by atoms with Gasteiger partial charge in [0.15, 0.2) is 0 Å². The summed E-state index contributed by atoms with van der Waals surface area (Å²) in [6, 6.07) is 6.02. The van der Waals surface area contributed by atoms with Crippen LogP contribution in [-0.4, -0.2) is 23.6 Å². The lowest BCUT2D eigenvalue weighted by Crippen LogP contribution is -2.07. The zero-order valence-electron chi connectivity index (χ0n) is 11.4. The smallest absolute Gasteiger partial charge is 0.134 e. The number of thioether (sulfide) groups is 1. The van der Waals surface area contributed by atoms with Gasteiger partial charge in [-0.05, 0) is 17.7 Å². The number of ether oxygens (including phenoxy) is 1. The lowest BCUT2D eigenvalue weighted by molar-refractivity contribution is 0.350. The normalized spacial score (nSPS) is 10.7. The molecule has 0 saturated carbocycles. The second-order valence-electron chi connectivity index (χ2n) is 4.90. The molecule has 3 heteroatoms. The number of hydrogen-bond acceptors (Lipinski definition) is 3. The molecule has 1 N–H and O–H groups in total. The van der Waals surface area contributed by atoms with Crippen molar-refractivity contribution < 1.29 is 9.84 Å². The van der Waals surface area contributed by atoms with Crippen molar-refractivity contribution in [3.8, 4) is 17.6 Å². The second-order valence-corrected chi connectivity index (χ2v) is 6.70. The number of methoxy groups -OCH3 is 1. The van der Waals surface area contributed by atoms with Gasteiger partial charge in [-0.1, -0.05) is 38.7 Å². The summed E-state index contributed by atoms with van der Waals surface area (Å²) in [5.41, 5.74) is 2.05. The standard InChI is InChI=1S/C15H20O2S/c1-15(2,3)18-11-12-7-8-14(17-4)13(10-12)6-5-9-16/h7-8,10,16H,9,11H2,1-4H3. The third-order valence-corrected chi connectivity index (χ3v) is 3.58. The van der Waals surface area contributed by atoms with Crippen molar-refractivity contribution >= 4 is 11.8 Å². The molecule has 0 aliphatic heterocycles. The monoisotopic (exact) mass is 264 g/mol. The van der Waals surface area contributed by atoms with Crippen LogP contribution in [0.5, 0.6) is 5.75 Å². The molecular weight excluding hydrogens is 244 g/mol. The Labute approximate surface area is 114 Å². The molecule has 0 aliphatic rings. The molecule has 0 radical (unpaired) electrons. The van der Waals surface area contributed by atoms with Gasteiger partial charge >= 0.3 is 0 Å². The summed E-state index contributed by atoms with van der Waals surface area (Å²) in [6.07, 6.45) is 0. The van der Waals surface area contributed by atoms with Crippen LogP contribution in [0, 0.1) is 11.8 Å². The molecule has 0 saturated heterocycles. The van der Waals surface area contributed by atoms with E-state index in [9.17, 15) is 0 Å². The first-order valence-corrected chi connectivity index (χ1v) is 6.85. The number of benzene rings is 1. The fraction of sp³-hybridized carbons (Fsp3) is 0.467. The van der Waals surface area contributed by atoms with E-state index in [1.807, 2.05) is 23.9 Å². The van der Waals surface area contributed by atoms with Crippen molar-refractivity contribution in [1.82, 2.24) is 0 Å². The van der Waals surface area contributed by atoms with Crippen molar-refractivity contribution in [3.05, 3.63) is 29.3 Å². The molecule has 0 heterocycles. The molecule has 0 aliphatic carbocycles. The Hall–Kier alpha value is -1.11. The number of hydrogen-bond donors (Lipinski definition) is 1. The van der Waals surface area contributed by atoms with Crippen molar-refractivity contribution in [2.75, 3.05) is 13.7 Å². The van der Waals surface area contributed by atoms with Crippen LogP contribution in [0.2, 0.25) is 0 Å². The molecule has 1 aromatic rings. The van der Waals surface area contributed by atoms with E-state index in [2.05, 4.69) is 38.7 Å². The summed E-state index contributed by atoms with van der Waals surface area (Å²) in [7, 11) is 1.63. The van der Waals surface area contributed by atoms with E-state index in [-0.39, 0.29) is 11.4 Å². The topological polar surface area (TPSA) is 29.5 Å². The van der Waals surface area contributed by atoms with Gasteiger partial charge in [0.05, 0.1) is 12.7 Å². The minimum absolute atomic E-state index is 0.135. The van der Waals surface area contributed by atoms with E-state index in [0.717, 1.165) is 17.1 Å². The van der Waals surface area contributed by atoms with Crippen molar-refractivity contribution in [2.45, 2.75) is 31.3 Å². The summed E-state index contributed by atoms with van der Waals surface area (Å²) in [5.74, 6) is 7.27. The fourth-order valence-electron chi connectivity index (χ4n) is 1.38. The lowest BCUT2D eigenvalue weighted by atomic mass is 10.1. The lowest BCUT2D eigenvalue weighted by Gasteiger charge is -2.17. The fourth-order valence-corrected chi connectivity index (χ4v) is 2.16. The van der Waals surface area contributed by atoms with E-state index in [0.29, 0.717) is 0 Å². The summed E-state index contributed by atoms with van der Waals surface area (Å²) >= 11 is 1.89. The van der Waals surface area contributed by atoms with Crippen molar-refractivity contribution in [1.29, 1.82) is 0 Å². The van der Waals surface area contributed by atoms with Crippen LogP contribution in [0.3, 0.4) is 0 Å². The molecule has 0 atom stereocenters. The third kappa shape index (κ3) is 5.03. The first-order valence-electron chi connectivity index (χ1n) is 5.87. The van der Waals surface area contributed by atoms with Gasteiger partial charge in [-0.15, -0.1) is 0 Å². The minimum Gasteiger partial charge on any atom is -0.495 e. The molecule has 0 spiro atoms. The highest BCUT2D eigenvalue weighted by atomic mass is 32.2. The first kappa shape index (κ1) is 14.9. The molecule has 1 aromatic carbocycles. The summed E-state index contributed by atoms with van der Waals surface area (Å²) in [4.78, 5) is 0. The Morgan fingerprint density at radius 3 is 2.61 bits per heavy atom. The molecule has 98 valence electrons. The molecule has 0 amide bonds. The van der Waals surface area contributed by atoms with Crippen LogP contribution < -0.4 is 4.74 Å². The van der Waals surface area contributed by atoms with E-state index in [1.54, 1.807) is 7.11 Å². The summed E-state index contributed by atoms with van der Waals surface area (Å²) in [5, 5.41) is 8.75. The third-order valence-electron chi connectivity index (χ3n) is 2.24. The summed E-state index contributed by atoms with van der Waals surface area (Å²) in [6.45, 7) is 6.47. The highest BCUT2D eigenvalue weighted by Crippen LogP contribution is 2.28. The van der Waals surface area contributed by atoms with E-state index in [4.69, 9.17) is 9.84 Å². The van der Waals surface area contributed by atoms with Gasteiger partial charge in [-0.2, -0.15) is 11.8 Å². The van der Waals surface area contributed by atoms with Gasteiger partial charge in [0.25, 0.3) is 0 Å². The Bertz CT molecular complexity index is 450. The van der Waals surface area contributed by atoms with Crippen LogP contribution in [0.4, 0.5) is 0 Å². The Kier molecular flexibility index (Phi) is 5.58. The van der Waals surface area contributed by atoms with Gasteiger partial charge in [-0.3, -0.25) is 0 Å². The highest BCUT2D eigenvalue weighted by molar-refractivity contribution is 7.99. The number of rotatable bonds is 3. The quantitative estimate of drug-likeness (QED) is 0.851. The maximum absolute atomic E-state index is 8.75. The zero-order chi connectivity index (χ0) is 13.6. The SMILES string of the molecule is COc1ccc(CSC(C)(C)C)cc1C#CCO. The Morgan fingerprint density at radius 2 is 2.06 bits per heavy atom. The highest BCUT2D eigenvalue weighted by Gasteiger charge is 2.11. The van der Waals surface area contributed by atoms with Gasteiger partial charge in [0, 0.05) is 10.5 Å². The molecular formula is C15H20O2S. The van der Waals surface area contributed by atoms with Gasteiger partial charge < -0.3 is 9.84 Å². The zero-order valence-corrected chi connectivity index (χ0v) is 12.2. The number of aliphatic hydroxyl groups is 1. The van der Waals surface area contributed by atoms with Crippen LogP contribution in [0.15, 0.2) is 18.2 Å². The average Bonchev–Trinajstić information content (AvgIpc) is 2.33. The van der Waals surface area contributed by atoms with Crippen molar-refractivity contribution in [2.24, 2.45) is 0 Å². The molecule has 0 aromatic heterocycles. The van der Waals surface area contributed by atoms with Crippen LogP contribution in [-0.2, 0) is 5.75 Å². The van der Waals surface area contributed by atoms with Crippen LogP contribution in [0.25, 0.3) is 0 Å². The predicted octanol–water partition coefficient (Wildman–Crippen LogP) is 3.07. The molecule has 0 bridgehead atoms. The number of aliphatic hydroxyl groups excluding tert-OH is 1. The second kappa shape index (κ2) is 6.72. The largest absolute Gasteiger partial charge is 0.495 e. The Morgan fingerprint density at radius 1 is 1.33 bits per heavy atom. The summed E-state index contributed by atoms with van der Waals surface area (Å²) < 4.78 is 5.50. The Balaban J connectivity index is 2.89. The maximum Gasteiger partial charge on any atom is 0.134 e. The van der Waals surface area contributed by atoms with E-state index in [1.165, 1.54) is 5.56 Å². The molecule has 18 heavy (non-hydrogen) atoms. The van der Waals surface area contributed by atoms with E-state index >= 15 is 0 Å².